The SMILES string of the molecule is COc1cc(OC)c2c(c1Cl)O[C@@]1(C(=O)C3=C(C[C@H]1C)NC(=O)C[C@H]3c1cc3ccccc3[nH]c1=O)C2=O. The number of carbonyl (C=O) groups is 3. The van der Waals surface area contributed by atoms with Gasteiger partial charge >= 0.3 is 0 Å². The van der Waals surface area contributed by atoms with Crippen LogP contribution in [0.5, 0.6) is 17.2 Å². The molecule has 0 bridgehead atoms. The number of carbonyl (C=O) groups excluding carboxylic acids is 3. The zero-order valence-corrected chi connectivity index (χ0v) is 21.5. The van der Waals surface area contributed by atoms with E-state index in [4.69, 9.17) is 25.8 Å². The molecule has 1 spiro atoms. The third-order valence-corrected chi connectivity index (χ3v) is 8.07. The van der Waals surface area contributed by atoms with Gasteiger partial charge in [0, 0.05) is 46.7 Å². The quantitative estimate of drug-likeness (QED) is 0.491. The number of rotatable bonds is 3. The highest BCUT2D eigenvalue weighted by Crippen LogP contribution is 2.55. The van der Waals surface area contributed by atoms with Crippen molar-refractivity contribution in [3.05, 3.63) is 74.2 Å². The standard InChI is InChI=1S/C28H23ClN2O7/c1-12-8-17-21(14(10-20(32)30-17)15-9-13-6-4-5-7-16(13)31-27(15)35)25(33)28(12)26(34)22-18(36-2)11-19(37-3)23(29)24(22)38-28/h4-7,9,11-12,14H,8,10H2,1-3H3,(H,30,32)(H,31,35)/t12-,14+,28+/m1/s1. The average molecular weight is 535 g/mol. The van der Waals surface area contributed by atoms with E-state index in [0.717, 1.165) is 5.39 Å². The van der Waals surface area contributed by atoms with Gasteiger partial charge in [-0.05, 0) is 23.9 Å². The molecule has 1 aliphatic carbocycles. The monoisotopic (exact) mass is 534 g/mol. The van der Waals surface area contributed by atoms with Gasteiger partial charge in [-0.25, -0.2) is 0 Å². The Morgan fingerprint density at radius 3 is 2.47 bits per heavy atom. The predicted molar refractivity (Wildman–Crippen MR) is 138 cm³/mol. The van der Waals surface area contributed by atoms with E-state index >= 15 is 0 Å². The number of halogens is 1. The van der Waals surface area contributed by atoms with Gasteiger partial charge in [-0.1, -0.05) is 36.7 Å². The molecular formula is C28H23ClN2O7. The minimum absolute atomic E-state index is 0.0112. The fourth-order valence-electron chi connectivity index (χ4n) is 5.88. The van der Waals surface area contributed by atoms with Crippen LogP contribution in [0.25, 0.3) is 10.9 Å². The van der Waals surface area contributed by atoms with Crippen LogP contribution in [0.4, 0.5) is 0 Å². The van der Waals surface area contributed by atoms with Crippen molar-refractivity contribution in [2.24, 2.45) is 5.92 Å². The summed E-state index contributed by atoms with van der Waals surface area (Å²) in [6.45, 7) is 1.71. The highest BCUT2D eigenvalue weighted by atomic mass is 35.5. The van der Waals surface area contributed by atoms with Crippen LogP contribution in [-0.2, 0) is 9.59 Å². The summed E-state index contributed by atoms with van der Waals surface area (Å²) in [6.07, 6.45) is 0.0427. The second-order valence-corrected chi connectivity index (χ2v) is 10.1. The number of nitrogens with one attached hydrogen (secondary N) is 2. The van der Waals surface area contributed by atoms with Gasteiger partial charge in [0.2, 0.25) is 23.1 Å². The Morgan fingerprint density at radius 1 is 1.00 bits per heavy atom. The number of hydrogen-bond donors (Lipinski definition) is 2. The molecule has 10 heteroatoms. The third kappa shape index (κ3) is 3.18. The normalized spacial score (nSPS) is 24.3. The molecule has 0 saturated heterocycles. The van der Waals surface area contributed by atoms with E-state index < -0.39 is 34.6 Å². The summed E-state index contributed by atoms with van der Waals surface area (Å²) in [5.74, 6) is -2.62. The van der Waals surface area contributed by atoms with Gasteiger partial charge < -0.3 is 24.5 Å². The highest BCUT2D eigenvalue weighted by Gasteiger charge is 2.63. The topological polar surface area (TPSA) is 124 Å². The molecule has 3 aliphatic rings. The molecule has 6 rings (SSSR count). The van der Waals surface area contributed by atoms with Crippen LogP contribution in [0.3, 0.4) is 0 Å². The van der Waals surface area contributed by atoms with E-state index in [-0.39, 0.29) is 57.7 Å². The average Bonchev–Trinajstić information content (AvgIpc) is 3.21. The van der Waals surface area contributed by atoms with Crippen LogP contribution in [0, 0.1) is 5.92 Å². The lowest BCUT2D eigenvalue weighted by Crippen LogP contribution is -2.59. The van der Waals surface area contributed by atoms with Crippen molar-refractivity contribution in [2.45, 2.75) is 31.3 Å². The first kappa shape index (κ1) is 24.2. The Balaban J connectivity index is 1.53. The summed E-state index contributed by atoms with van der Waals surface area (Å²) in [5, 5.41) is 3.60. The van der Waals surface area contributed by atoms with E-state index in [9.17, 15) is 19.2 Å². The molecule has 0 radical (unpaired) electrons. The smallest absolute Gasteiger partial charge is 0.252 e. The maximum atomic E-state index is 14.4. The molecule has 2 aliphatic heterocycles. The Morgan fingerprint density at radius 2 is 1.74 bits per heavy atom. The number of aromatic nitrogens is 1. The van der Waals surface area contributed by atoms with Gasteiger partial charge in [0.05, 0.1) is 14.2 Å². The van der Waals surface area contributed by atoms with Gasteiger partial charge in [-0.15, -0.1) is 0 Å². The zero-order valence-electron chi connectivity index (χ0n) is 20.8. The molecule has 3 aromatic rings. The maximum absolute atomic E-state index is 14.4. The highest BCUT2D eigenvalue weighted by molar-refractivity contribution is 6.36. The molecule has 0 fully saturated rings. The lowest BCUT2D eigenvalue weighted by molar-refractivity contribution is -0.131. The molecule has 1 amide bonds. The second kappa shape index (κ2) is 8.46. The first-order valence-electron chi connectivity index (χ1n) is 12.1. The number of amides is 1. The summed E-state index contributed by atoms with van der Waals surface area (Å²) in [7, 11) is 2.81. The van der Waals surface area contributed by atoms with Crippen LogP contribution < -0.4 is 25.1 Å². The van der Waals surface area contributed by atoms with Crippen LogP contribution in [0.2, 0.25) is 5.02 Å². The summed E-state index contributed by atoms with van der Waals surface area (Å²) in [5.41, 5.74) is -0.805. The minimum Gasteiger partial charge on any atom is -0.496 e. The van der Waals surface area contributed by atoms with Crippen LogP contribution in [0.1, 0.15) is 41.6 Å². The molecule has 9 nitrogen and oxygen atoms in total. The molecule has 194 valence electrons. The molecule has 2 aromatic carbocycles. The van der Waals surface area contributed by atoms with Gasteiger partial charge in [-0.3, -0.25) is 19.2 Å². The zero-order chi connectivity index (χ0) is 26.9. The number of hydrogen-bond acceptors (Lipinski definition) is 7. The third-order valence-electron chi connectivity index (χ3n) is 7.72. The molecule has 0 unspecified atom stereocenters. The number of para-hydroxylation sites is 1. The van der Waals surface area contributed by atoms with Crippen molar-refractivity contribution in [1.29, 1.82) is 0 Å². The molecule has 3 atom stereocenters. The predicted octanol–water partition coefficient (Wildman–Crippen LogP) is 3.68. The number of ether oxygens (including phenoxy) is 3. The van der Waals surface area contributed by atoms with Crippen molar-refractivity contribution in [3.63, 3.8) is 0 Å². The number of Topliss-reactive ketones (excluding diaryl/α,β-unsaturated/α-hetero) is 2. The number of aromatic amines is 1. The van der Waals surface area contributed by atoms with E-state index in [1.165, 1.54) is 20.3 Å². The van der Waals surface area contributed by atoms with E-state index in [1.807, 2.05) is 12.1 Å². The number of ketones is 2. The summed E-state index contributed by atoms with van der Waals surface area (Å²) in [6, 6.07) is 10.4. The Kier molecular flexibility index (Phi) is 5.39. The molecule has 3 heterocycles. The minimum atomic E-state index is -1.94. The number of pyridine rings is 1. The molecule has 2 N–H and O–H groups in total. The van der Waals surface area contributed by atoms with Gasteiger partial charge in [-0.2, -0.15) is 0 Å². The van der Waals surface area contributed by atoms with Crippen LogP contribution >= 0.6 is 11.6 Å². The number of H-pyrrole nitrogens is 1. The number of benzene rings is 2. The molecule has 38 heavy (non-hydrogen) atoms. The fourth-order valence-corrected chi connectivity index (χ4v) is 6.14. The maximum Gasteiger partial charge on any atom is 0.252 e. The summed E-state index contributed by atoms with van der Waals surface area (Å²) < 4.78 is 17.0. The van der Waals surface area contributed by atoms with Crippen molar-refractivity contribution in [3.8, 4) is 17.2 Å². The lowest BCUT2D eigenvalue weighted by atomic mass is 9.66. The van der Waals surface area contributed by atoms with Crippen molar-refractivity contribution < 1.29 is 28.6 Å². The summed E-state index contributed by atoms with van der Waals surface area (Å²) >= 11 is 6.52. The molecule has 0 saturated carbocycles. The van der Waals surface area contributed by atoms with Gasteiger partial charge in [0.15, 0.2) is 5.75 Å². The molecular weight excluding hydrogens is 512 g/mol. The van der Waals surface area contributed by atoms with Crippen molar-refractivity contribution >= 4 is 40.0 Å². The first-order chi connectivity index (χ1) is 18.2. The molecule has 1 aromatic heterocycles. The van der Waals surface area contributed by atoms with Gasteiger partial charge in [0.1, 0.15) is 22.1 Å². The fraction of sp³-hybridized carbons (Fsp3) is 0.286. The van der Waals surface area contributed by atoms with Crippen molar-refractivity contribution in [1.82, 2.24) is 10.3 Å². The van der Waals surface area contributed by atoms with E-state index in [0.29, 0.717) is 11.2 Å². The van der Waals surface area contributed by atoms with E-state index in [1.54, 1.807) is 25.1 Å². The van der Waals surface area contributed by atoms with Crippen LogP contribution in [-0.4, -0.2) is 42.3 Å². The van der Waals surface area contributed by atoms with E-state index in [2.05, 4.69) is 10.3 Å². The number of methoxy groups -OCH3 is 2. The Labute approximate surface area is 221 Å². The van der Waals surface area contributed by atoms with Crippen LogP contribution in [0.15, 0.2) is 52.5 Å². The first-order valence-corrected chi connectivity index (χ1v) is 12.5. The van der Waals surface area contributed by atoms with Crippen molar-refractivity contribution in [2.75, 3.05) is 14.2 Å². The number of fused-ring (bicyclic) bond motifs is 2. The second-order valence-electron chi connectivity index (χ2n) is 9.74. The largest absolute Gasteiger partial charge is 0.496 e. The Hall–Kier alpha value is -4.11. The number of allylic oxidation sites excluding steroid dienone is 1. The Bertz CT molecular complexity index is 1670. The summed E-state index contributed by atoms with van der Waals surface area (Å²) in [4.78, 5) is 57.2. The lowest BCUT2D eigenvalue weighted by Gasteiger charge is -2.41. The van der Waals surface area contributed by atoms with Gasteiger partial charge in [0.25, 0.3) is 5.56 Å².